The summed E-state index contributed by atoms with van der Waals surface area (Å²) in [6.45, 7) is 0.887. The Labute approximate surface area is 154 Å². The van der Waals surface area contributed by atoms with Crippen LogP contribution in [0.2, 0.25) is 0 Å². The van der Waals surface area contributed by atoms with Crippen LogP contribution in [-0.2, 0) is 19.5 Å². The Morgan fingerprint density at radius 3 is 2.80 bits per heavy atom. The summed E-state index contributed by atoms with van der Waals surface area (Å²) in [5.41, 5.74) is -0.277. The number of hydrogen-bond acceptors (Lipinski definition) is 5. The Hall–Kier alpha value is -1.03. The summed E-state index contributed by atoms with van der Waals surface area (Å²) < 4.78 is 52.2. The highest BCUT2D eigenvalue weighted by molar-refractivity contribution is 9.10. The zero-order chi connectivity index (χ0) is 18.2. The minimum Gasteiger partial charge on any atom is -0.465 e. The van der Waals surface area contributed by atoms with Gasteiger partial charge in [-0.15, -0.1) is 0 Å². The molecule has 1 aromatic carbocycles. The molecule has 1 saturated heterocycles. The Morgan fingerprint density at radius 2 is 2.24 bits per heavy atom. The Morgan fingerprint density at radius 1 is 1.48 bits per heavy atom. The Kier molecular flexibility index (Phi) is 5.21. The average molecular weight is 436 g/mol. The molecule has 0 aromatic heterocycles. The molecule has 1 heterocycles. The van der Waals surface area contributed by atoms with Gasteiger partial charge in [0.2, 0.25) is 10.0 Å². The maximum atomic E-state index is 14.2. The minimum atomic E-state index is -4.10. The van der Waals surface area contributed by atoms with E-state index in [2.05, 4.69) is 25.4 Å². The van der Waals surface area contributed by atoms with Gasteiger partial charge in [0.25, 0.3) is 0 Å². The number of halogens is 2. The second kappa shape index (κ2) is 6.94. The molecule has 1 spiro atoms. The van der Waals surface area contributed by atoms with Gasteiger partial charge in [0.1, 0.15) is 10.7 Å². The van der Waals surface area contributed by atoms with Crippen molar-refractivity contribution in [2.75, 3.05) is 20.3 Å². The summed E-state index contributed by atoms with van der Waals surface area (Å²) in [4.78, 5) is 11.1. The van der Waals surface area contributed by atoms with Crippen LogP contribution in [0.4, 0.5) is 4.39 Å². The molecular formula is C16H19BrFNO5S. The fourth-order valence-corrected chi connectivity index (χ4v) is 5.13. The number of carbonyl (C=O) groups excluding carboxylic acids is 1. The third kappa shape index (κ3) is 3.47. The van der Waals surface area contributed by atoms with E-state index >= 15 is 0 Å². The lowest BCUT2D eigenvalue weighted by Crippen LogP contribution is -2.51. The van der Waals surface area contributed by atoms with Gasteiger partial charge in [-0.1, -0.05) is 0 Å². The molecule has 138 valence electrons. The largest absolute Gasteiger partial charge is 0.465 e. The van der Waals surface area contributed by atoms with Crippen LogP contribution in [0.25, 0.3) is 0 Å². The zero-order valence-electron chi connectivity index (χ0n) is 13.7. The number of benzene rings is 1. The van der Waals surface area contributed by atoms with Crippen LogP contribution in [0.3, 0.4) is 0 Å². The summed E-state index contributed by atoms with van der Waals surface area (Å²) in [7, 11) is -2.93. The van der Waals surface area contributed by atoms with E-state index in [9.17, 15) is 17.6 Å². The topological polar surface area (TPSA) is 81.7 Å². The van der Waals surface area contributed by atoms with Crippen molar-refractivity contribution in [1.29, 1.82) is 0 Å². The fourth-order valence-electron chi connectivity index (χ4n) is 3.49. The van der Waals surface area contributed by atoms with Gasteiger partial charge in [-0.25, -0.2) is 22.3 Å². The molecule has 1 aromatic rings. The van der Waals surface area contributed by atoms with E-state index < -0.39 is 26.7 Å². The molecule has 0 radical (unpaired) electrons. The zero-order valence-corrected chi connectivity index (χ0v) is 16.1. The van der Waals surface area contributed by atoms with Crippen LogP contribution in [-0.4, -0.2) is 40.2 Å². The van der Waals surface area contributed by atoms with Crippen molar-refractivity contribution < 1.29 is 27.1 Å². The van der Waals surface area contributed by atoms with Gasteiger partial charge >= 0.3 is 5.97 Å². The van der Waals surface area contributed by atoms with Crippen molar-refractivity contribution in [2.24, 2.45) is 5.92 Å². The number of methoxy groups -OCH3 is 1. The first-order valence-corrected chi connectivity index (χ1v) is 10.3. The lowest BCUT2D eigenvalue weighted by molar-refractivity contribution is -0.107. The number of ether oxygens (including phenoxy) is 2. The maximum absolute atomic E-state index is 14.2. The van der Waals surface area contributed by atoms with Crippen LogP contribution in [0.5, 0.6) is 0 Å². The van der Waals surface area contributed by atoms with Gasteiger partial charge in [0.05, 0.1) is 18.3 Å². The van der Waals surface area contributed by atoms with E-state index in [0.29, 0.717) is 6.61 Å². The SMILES string of the molecule is COC(=O)c1cc(S(=O)(=O)NCC2CCC23CCCO3)c(F)cc1Br. The fraction of sp³-hybridized carbons (Fsp3) is 0.562. The molecule has 2 unspecified atom stereocenters. The number of carbonyl (C=O) groups is 1. The standard InChI is InChI=1S/C16H19BrFNO5S/c1-23-15(20)11-7-14(13(18)8-12(11)17)25(21,22)19-9-10-3-5-16(10)4-2-6-24-16/h7-8,10,19H,2-6,9H2,1H3. The third-order valence-corrected chi connectivity index (χ3v) is 7.12. The molecule has 0 amide bonds. The molecule has 0 bridgehead atoms. The predicted octanol–water partition coefficient (Wildman–Crippen LogP) is 2.61. The van der Waals surface area contributed by atoms with Crippen LogP contribution in [0.1, 0.15) is 36.0 Å². The molecule has 6 nitrogen and oxygen atoms in total. The molecule has 3 rings (SSSR count). The number of sulfonamides is 1. The number of rotatable bonds is 5. The van der Waals surface area contributed by atoms with Crippen molar-refractivity contribution in [3.05, 3.63) is 28.0 Å². The van der Waals surface area contributed by atoms with Crippen molar-refractivity contribution in [2.45, 2.75) is 36.2 Å². The second-order valence-electron chi connectivity index (χ2n) is 6.36. The second-order valence-corrected chi connectivity index (χ2v) is 8.95. The monoisotopic (exact) mass is 435 g/mol. The van der Waals surface area contributed by atoms with Gasteiger partial charge in [0.15, 0.2) is 0 Å². The smallest absolute Gasteiger partial charge is 0.339 e. The van der Waals surface area contributed by atoms with Crippen LogP contribution < -0.4 is 4.72 Å². The predicted molar refractivity (Wildman–Crippen MR) is 91.3 cm³/mol. The van der Waals surface area contributed by atoms with Gasteiger partial charge in [0, 0.05) is 23.5 Å². The normalized spacial score (nSPS) is 25.8. The minimum absolute atomic E-state index is 0.0523. The van der Waals surface area contributed by atoms with Gasteiger partial charge in [-0.3, -0.25) is 0 Å². The van der Waals surface area contributed by atoms with Crippen molar-refractivity contribution >= 4 is 31.9 Å². The van der Waals surface area contributed by atoms with E-state index in [4.69, 9.17) is 4.74 Å². The van der Waals surface area contributed by atoms with Crippen molar-refractivity contribution in [3.63, 3.8) is 0 Å². The van der Waals surface area contributed by atoms with Gasteiger partial charge < -0.3 is 9.47 Å². The molecule has 1 saturated carbocycles. The quantitative estimate of drug-likeness (QED) is 0.718. The van der Waals surface area contributed by atoms with Crippen LogP contribution >= 0.6 is 15.9 Å². The van der Waals surface area contributed by atoms with E-state index in [1.165, 1.54) is 7.11 Å². The molecule has 2 atom stereocenters. The molecule has 1 aliphatic carbocycles. The Bertz CT molecular complexity index is 792. The molecule has 1 N–H and O–H groups in total. The number of hydrogen-bond donors (Lipinski definition) is 1. The lowest BCUT2D eigenvalue weighted by Gasteiger charge is -2.46. The van der Waals surface area contributed by atoms with Gasteiger partial charge in [-0.2, -0.15) is 0 Å². The molecule has 9 heteroatoms. The van der Waals surface area contributed by atoms with E-state index in [-0.39, 0.29) is 28.1 Å². The molecular weight excluding hydrogens is 417 g/mol. The summed E-state index contributed by atoms with van der Waals surface area (Å²) in [6, 6.07) is 1.93. The molecule has 1 aliphatic heterocycles. The molecule has 25 heavy (non-hydrogen) atoms. The first kappa shape index (κ1) is 18.8. The lowest BCUT2D eigenvalue weighted by atomic mass is 9.68. The molecule has 2 fully saturated rings. The highest BCUT2D eigenvalue weighted by atomic mass is 79.9. The summed E-state index contributed by atoms with van der Waals surface area (Å²) >= 11 is 3.04. The van der Waals surface area contributed by atoms with Gasteiger partial charge in [-0.05, 0) is 53.7 Å². The third-order valence-electron chi connectivity index (χ3n) is 5.03. The number of nitrogens with one attached hydrogen (secondary N) is 1. The highest BCUT2D eigenvalue weighted by Gasteiger charge is 2.49. The van der Waals surface area contributed by atoms with E-state index in [1.807, 2.05) is 0 Å². The Balaban J connectivity index is 1.79. The van der Waals surface area contributed by atoms with Crippen molar-refractivity contribution in [3.8, 4) is 0 Å². The summed E-state index contributed by atoms with van der Waals surface area (Å²) in [5.74, 6) is -1.60. The molecule has 2 aliphatic rings. The van der Waals surface area contributed by atoms with E-state index in [0.717, 1.165) is 37.8 Å². The summed E-state index contributed by atoms with van der Waals surface area (Å²) in [5, 5.41) is 0. The van der Waals surface area contributed by atoms with E-state index in [1.54, 1.807) is 0 Å². The first-order valence-electron chi connectivity index (χ1n) is 8.00. The van der Waals surface area contributed by atoms with Crippen molar-refractivity contribution in [1.82, 2.24) is 4.72 Å². The summed E-state index contributed by atoms with van der Waals surface area (Å²) in [6.07, 6.45) is 3.71. The van der Waals surface area contributed by atoms with Crippen LogP contribution in [0, 0.1) is 11.7 Å². The maximum Gasteiger partial charge on any atom is 0.339 e. The number of esters is 1. The average Bonchev–Trinajstić information content (AvgIpc) is 3.05. The highest BCUT2D eigenvalue weighted by Crippen LogP contribution is 2.48. The van der Waals surface area contributed by atoms with Crippen LogP contribution in [0.15, 0.2) is 21.5 Å². The first-order chi connectivity index (χ1) is 11.8.